The van der Waals surface area contributed by atoms with E-state index in [0.29, 0.717) is 6.04 Å². The van der Waals surface area contributed by atoms with E-state index in [1.165, 1.54) is 30.6 Å². The zero-order chi connectivity index (χ0) is 19.5. The highest BCUT2D eigenvalue weighted by Gasteiger charge is 2.32. The zero-order valence-electron chi connectivity index (χ0n) is 17.0. The van der Waals surface area contributed by atoms with Crippen molar-refractivity contribution in [3.63, 3.8) is 0 Å². The van der Waals surface area contributed by atoms with Crippen LogP contribution in [0.15, 0.2) is 23.2 Å². The van der Waals surface area contributed by atoms with Gasteiger partial charge in [-0.2, -0.15) is 0 Å². The van der Waals surface area contributed by atoms with Crippen molar-refractivity contribution >= 4 is 23.2 Å². The molecule has 3 aliphatic rings. The maximum Gasteiger partial charge on any atom is 0.193 e. The van der Waals surface area contributed by atoms with Gasteiger partial charge < -0.3 is 19.9 Å². The summed E-state index contributed by atoms with van der Waals surface area (Å²) in [5.74, 6) is 0.981. The van der Waals surface area contributed by atoms with Crippen molar-refractivity contribution in [1.82, 2.24) is 15.1 Å². The van der Waals surface area contributed by atoms with Gasteiger partial charge in [0.25, 0.3) is 0 Å². The van der Waals surface area contributed by atoms with E-state index >= 15 is 0 Å². The minimum atomic E-state index is 0.251. The predicted molar refractivity (Wildman–Crippen MR) is 116 cm³/mol. The average Bonchev–Trinajstić information content (AvgIpc) is 3.19. The van der Waals surface area contributed by atoms with E-state index in [2.05, 4.69) is 44.1 Å². The van der Waals surface area contributed by atoms with Crippen LogP contribution in [0.25, 0.3) is 0 Å². The predicted octanol–water partition coefficient (Wildman–Crippen LogP) is 2.21. The van der Waals surface area contributed by atoms with Crippen LogP contribution in [0.3, 0.4) is 0 Å². The second-order valence-corrected chi connectivity index (χ2v) is 8.52. The molecular weight excluding hydrogens is 374 g/mol. The number of guanidine groups is 1. The Morgan fingerprint density at radius 2 is 2.07 bits per heavy atom. The summed E-state index contributed by atoms with van der Waals surface area (Å²) in [6.07, 6.45) is 2.85. The highest BCUT2D eigenvalue weighted by atomic mass is 35.5. The Morgan fingerprint density at radius 1 is 1.25 bits per heavy atom. The number of benzene rings is 1. The number of hydrogen-bond acceptors (Lipinski definition) is 4. The molecule has 1 aromatic carbocycles. The first kappa shape index (κ1) is 19.8. The van der Waals surface area contributed by atoms with Crippen molar-refractivity contribution < 1.29 is 4.74 Å². The van der Waals surface area contributed by atoms with Crippen molar-refractivity contribution in [2.45, 2.75) is 31.9 Å². The van der Waals surface area contributed by atoms with Crippen molar-refractivity contribution in [2.24, 2.45) is 4.99 Å². The number of morpholine rings is 1. The van der Waals surface area contributed by atoms with Crippen molar-refractivity contribution in [1.29, 1.82) is 0 Å². The van der Waals surface area contributed by atoms with Crippen LogP contribution in [0, 0.1) is 6.92 Å². The first-order valence-electron chi connectivity index (χ1n) is 10.5. The average molecular weight is 406 g/mol. The quantitative estimate of drug-likeness (QED) is 0.617. The second-order valence-electron chi connectivity index (χ2n) is 8.08. The summed E-state index contributed by atoms with van der Waals surface area (Å²) in [5, 5.41) is 4.35. The van der Waals surface area contributed by atoms with Crippen molar-refractivity contribution in [2.75, 3.05) is 64.4 Å². The van der Waals surface area contributed by atoms with Gasteiger partial charge in [-0.25, -0.2) is 0 Å². The maximum absolute atomic E-state index is 6.20. The third kappa shape index (κ3) is 4.39. The van der Waals surface area contributed by atoms with Crippen LogP contribution < -0.4 is 10.2 Å². The maximum atomic E-state index is 6.20. The second kappa shape index (κ2) is 8.89. The normalized spacial score (nSPS) is 26.5. The number of hydrogen-bond donors (Lipinski definition) is 1. The number of anilines is 1. The van der Waals surface area contributed by atoms with Gasteiger partial charge in [-0.3, -0.25) is 9.89 Å². The molecule has 0 bridgehead atoms. The van der Waals surface area contributed by atoms with E-state index in [9.17, 15) is 0 Å². The Hall–Kier alpha value is -1.50. The van der Waals surface area contributed by atoms with Crippen LogP contribution in [0.1, 0.15) is 18.4 Å². The summed E-state index contributed by atoms with van der Waals surface area (Å²) in [4.78, 5) is 11.9. The van der Waals surface area contributed by atoms with Gasteiger partial charge >= 0.3 is 0 Å². The summed E-state index contributed by atoms with van der Waals surface area (Å²) < 4.78 is 6.07. The van der Waals surface area contributed by atoms with Gasteiger partial charge in [-0.05, 0) is 44.0 Å². The summed E-state index contributed by atoms with van der Waals surface area (Å²) >= 11 is 6.20. The Kier molecular flexibility index (Phi) is 6.28. The van der Waals surface area contributed by atoms with E-state index < -0.39 is 0 Å². The molecule has 3 saturated heterocycles. The molecule has 0 aromatic heterocycles. The highest BCUT2D eigenvalue weighted by molar-refractivity contribution is 6.30. The molecule has 1 aromatic rings. The lowest BCUT2D eigenvalue weighted by Gasteiger charge is -2.39. The third-order valence-electron chi connectivity index (χ3n) is 6.25. The smallest absolute Gasteiger partial charge is 0.193 e. The number of fused-ring (bicyclic) bond motifs is 1. The minimum absolute atomic E-state index is 0.251. The van der Waals surface area contributed by atoms with Crippen LogP contribution in [-0.2, 0) is 4.74 Å². The monoisotopic (exact) mass is 405 g/mol. The number of nitrogens with one attached hydrogen (secondary N) is 1. The van der Waals surface area contributed by atoms with Gasteiger partial charge in [0.2, 0.25) is 0 Å². The molecule has 4 rings (SSSR count). The number of aryl methyl sites for hydroxylation is 1. The molecule has 0 saturated carbocycles. The molecule has 2 unspecified atom stereocenters. The van der Waals surface area contributed by atoms with Crippen LogP contribution in [0.2, 0.25) is 5.02 Å². The molecular formula is C21H32ClN5O. The van der Waals surface area contributed by atoms with E-state index in [4.69, 9.17) is 16.3 Å². The van der Waals surface area contributed by atoms with Gasteiger partial charge in [-0.1, -0.05) is 17.7 Å². The number of rotatable bonds is 3. The van der Waals surface area contributed by atoms with E-state index in [-0.39, 0.29) is 6.10 Å². The molecule has 3 aliphatic heterocycles. The fourth-order valence-corrected chi connectivity index (χ4v) is 4.80. The lowest BCUT2D eigenvalue weighted by Crippen LogP contribution is -2.55. The molecule has 0 aliphatic carbocycles. The van der Waals surface area contributed by atoms with Crippen LogP contribution in [0.5, 0.6) is 0 Å². The van der Waals surface area contributed by atoms with E-state index in [1.807, 2.05) is 13.1 Å². The Bertz CT molecular complexity index is 704. The molecule has 154 valence electrons. The Morgan fingerprint density at radius 3 is 2.86 bits per heavy atom. The summed E-state index contributed by atoms with van der Waals surface area (Å²) in [7, 11) is 1.87. The van der Waals surface area contributed by atoms with Gasteiger partial charge in [0.05, 0.1) is 12.7 Å². The largest absolute Gasteiger partial charge is 0.373 e. The zero-order valence-corrected chi connectivity index (χ0v) is 17.8. The summed E-state index contributed by atoms with van der Waals surface area (Å²) in [5.41, 5.74) is 2.51. The lowest BCUT2D eigenvalue weighted by molar-refractivity contribution is -0.0454. The van der Waals surface area contributed by atoms with Gasteiger partial charge in [-0.15, -0.1) is 0 Å². The minimum Gasteiger partial charge on any atom is -0.373 e. The topological polar surface area (TPSA) is 43.3 Å². The number of aliphatic imine (C=N–C) groups is 1. The van der Waals surface area contributed by atoms with Crippen LogP contribution in [-0.4, -0.2) is 87.4 Å². The van der Waals surface area contributed by atoms with Gasteiger partial charge in [0.15, 0.2) is 5.96 Å². The first-order valence-corrected chi connectivity index (χ1v) is 10.8. The molecule has 0 amide bonds. The highest BCUT2D eigenvalue weighted by Crippen LogP contribution is 2.25. The number of nitrogens with zero attached hydrogens (tertiary/aromatic N) is 4. The number of ether oxygens (including phenoxy) is 1. The third-order valence-corrected chi connectivity index (χ3v) is 6.49. The number of halogens is 1. The summed E-state index contributed by atoms with van der Waals surface area (Å²) in [6, 6.07) is 6.78. The fraction of sp³-hybridized carbons (Fsp3) is 0.667. The number of piperazine rings is 1. The first-order chi connectivity index (χ1) is 13.6. The molecule has 3 fully saturated rings. The van der Waals surface area contributed by atoms with E-state index in [0.717, 1.165) is 56.9 Å². The van der Waals surface area contributed by atoms with Crippen molar-refractivity contribution in [3.05, 3.63) is 28.8 Å². The SMILES string of the molecule is CN=C(NCC1CN2CCCC2CO1)N1CCN(c2cc(Cl)ccc2C)CC1. The van der Waals surface area contributed by atoms with E-state index in [1.54, 1.807) is 0 Å². The molecule has 0 spiro atoms. The lowest BCUT2D eigenvalue weighted by atomic mass is 10.1. The Labute approximate surface area is 173 Å². The van der Waals surface area contributed by atoms with Gasteiger partial charge in [0.1, 0.15) is 0 Å². The van der Waals surface area contributed by atoms with Crippen molar-refractivity contribution in [3.8, 4) is 0 Å². The molecule has 28 heavy (non-hydrogen) atoms. The molecule has 3 heterocycles. The summed E-state index contributed by atoms with van der Waals surface area (Å²) in [6.45, 7) is 9.95. The van der Waals surface area contributed by atoms with Crippen LogP contribution in [0.4, 0.5) is 5.69 Å². The standard InChI is InChI=1S/C21H32ClN5O/c1-16-5-6-17(22)12-20(16)25-8-10-26(11-9-25)21(23-2)24-13-19-14-27-7-3-4-18(27)15-28-19/h5-6,12,18-19H,3-4,7-11,13-15H2,1-2H3,(H,23,24). The molecule has 0 radical (unpaired) electrons. The Balaban J connectivity index is 1.27. The molecule has 1 N–H and O–H groups in total. The molecule has 7 heteroatoms. The molecule has 6 nitrogen and oxygen atoms in total. The molecule has 2 atom stereocenters. The van der Waals surface area contributed by atoms with Crippen LogP contribution >= 0.6 is 11.6 Å². The van der Waals surface area contributed by atoms with Gasteiger partial charge in [0, 0.05) is 63.1 Å². The fourth-order valence-electron chi connectivity index (χ4n) is 4.63.